The SMILES string of the molecule is CC(C)(C)O.CCCCCC.CCO. The van der Waals surface area contributed by atoms with E-state index in [1.807, 2.05) is 0 Å². The van der Waals surface area contributed by atoms with Gasteiger partial charge in [0.15, 0.2) is 0 Å². The van der Waals surface area contributed by atoms with Crippen molar-refractivity contribution >= 4 is 0 Å². The Morgan fingerprint density at radius 1 is 0.857 bits per heavy atom. The molecule has 0 radical (unpaired) electrons. The molecule has 0 saturated carbocycles. The van der Waals surface area contributed by atoms with Crippen molar-refractivity contribution in [1.29, 1.82) is 0 Å². The zero-order valence-electron chi connectivity index (χ0n) is 10.9. The number of unbranched alkanes of at least 4 members (excludes halogenated alkanes) is 3. The van der Waals surface area contributed by atoms with Crippen molar-refractivity contribution in [3.8, 4) is 0 Å². The normalized spacial score (nSPS) is 9.43. The lowest BCUT2D eigenvalue weighted by Gasteiger charge is -2.04. The maximum atomic E-state index is 8.52. The molecule has 0 fully saturated rings. The monoisotopic (exact) mass is 206 g/mol. The molecule has 2 heteroatoms. The largest absolute Gasteiger partial charge is 0.397 e. The lowest BCUT2D eigenvalue weighted by Crippen LogP contribution is -2.10. The molecule has 0 aliphatic carbocycles. The van der Waals surface area contributed by atoms with E-state index < -0.39 is 5.60 Å². The van der Waals surface area contributed by atoms with Crippen molar-refractivity contribution in [2.24, 2.45) is 0 Å². The molecule has 0 bridgehead atoms. The lowest BCUT2D eigenvalue weighted by molar-refractivity contribution is 0.102. The van der Waals surface area contributed by atoms with Crippen molar-refractivity contribution in [3.63, 3.8) is 0 Å². The Balaban J connectivity index is -0.000000138. The minimum absolute atomic E-state index is 0.250. The molecular weight excluding hydrogens is 176 g/mol. The second-order valence-electron chi connectivity index (χ2n) is 4.19. The molecule has 0 spiro atoms. The van der Waals surface area contributed by atoms with E-state index in [4.69, 9.17) is 10.2 Å². The van der Waals surface area contributed by atoms with Crippen molar-refractivity contribution in [2.75, 3.05) is 6.61 Å². The van der Waals surface area contributed by atoms with Crippen LogP contribution in [0, 0.1) is 0 Å². The zero-order chi connectivity index (χ0) is 12.0. The molecule has 2 N–H and O–H groups in total. The summed E-state index contributed by atoms with van der Waals surface area (Å²) in [5.74, 6) is 0. The average Bonchev–Trinajstić information content (AvgIpc) is 1.99. The molecular formula is C12H30O2. The quantitative estimate of drug-likeness (QED) is 0.695. The molecule has 90 valence electrons. The average molecular weight is 206 g/mol. The van der Waals surface area contributed by atoms with Gasteiger partial charge in [-0.2, -0.15) is 0 Å². The fourth-order valence-corrected chi connectivity index (χ4v) is 0.500. The summed E-state index contributed by atoms with van der Waals surface area (Å²) >= 11 is 0. The maximum absolute atomic E-state index is 8.52. The summed E-state index contributed by atoms with van der Waals surface area (Å²) in [7, 11) is 0. The number of rotatable bonds is 3. The van der Waals surface area contributed by atoms with E-state index in [2.05, 4.69) is 13.8 Å². The third-order valence-corrected chi connectivity index (χ3v) is 0.957. The van der Waals surface area contributed by atoms with Gasteiger partial charge >= 0.3 is 0 Å². The topological polar surface area (TPSA) is 40.5 Å². The van der Waals surface area contributed by atoms with Crippen LogP contribution in [0.3, 0.4) is 0 Å². The molecule has 0 atom stereocenters. The van der Waals surface area contributed by atoms with E-state index in [0.29, 0.717) is 0 Å². The van der Waals surface area contributed by atoms with E-state index in [-0.39, 0.29) is 6.61 Å². The van der Waals surface area contributed by atoms with Crippen LogP contribution < -0.4 is 0 Å². The van der Waals surface area contributed by atoms with Gasteiger partial charge in [-0.3, -0.25) is 0 Å². The van der Waals surface area contributed by atoms with Crippen LogP contribution in [0.5, 0.6) is 0 Å². The van der Waals surface area contributed by atoms with Crippen molar-refractivity contribution in [2.45, 2.75) is 72.8 Å². The van der Waals surface area contributed by atoms with Gasteiger partial charge in [-0.1, -0.05) is 39.5 Å². The van der Waals surface area contributed by atoms with Gasteiger partial charge in [0.1, 0.15) is 0 Å². The van der Waals surface area contributed by atoms with Gasteiger partial charge in [0, 0.05) is 6.61 Å². The van der Waals surface area contributed by atoms with Crippen molar-refractivity contribution in [3.05, 3.63) is 0 Å². The minimum atomic E-state index is -0.500. The highest BCUT2D eigenvalue weighted by Gasteiger charge is 1.97. The number of hydrogen-bond acceptors (Lipinski definition) is 2. The summed E-state index contributed by atoms with van der Waals surface area (Å²) in [6.07, 6.45) is 5.54. The maximum Gasteiger partial charge on any atom is 0.0563 e. The van der Waals surface area contributed by atoms with Crippen LogP contribution in [0.1, 0.15) is 67.2 Å². The van der Waals surface area contributed by atoms with Crippen molar-refractivity contribution < 1.29 is 10.2 Å². The molecule has 0 saturated heterocycles. The third kappa shape index (κ3) is 167. The van der Waals surface area contributed by atoms with E-state index in [0.717, 1.165) is 0 Å². The molecule has 0 aromatic carbocycles. The fourth-order valence-electron chi connectivity index (χ4n) is 0.500. The Morgan fingerprint density at radius 3 is 1.07 bits per heavy atom. The molecule has 14 heavy (non-hydrogen) atoms. The van der Waals surface area contributed by atoms with Crippen LogP contribution >= 0.6 is 0 Å². The zero-order valence-corrected chi connectivity index (χ0v) is 10.9. The molecule has 0 aliphatic rings. The molecule has 0 aliphatic heterocycles. The van der Waals surface area contributed by atoms with Crippen LogP contribution in [-0.4, -0.2) is 22.4 Å². The van der Waals surface area contributed by atoms with Crippen LogP contribution in [0.4, 0.5) is 0 Å². The van der Waals surface area contributed by atoms with E-state index in [1.165, 1.54) is 25.7 Å². The van der Waals surface area contributed by atoms with Crippen LogP contribution in [0.25, 0.3) is 0 Å². The first-order chi connectivity index (χ1) is 6.33. The van der Waals surface area contributed by atoms with E-state index in [9.17, 15) is 0 Å². The summed E-state index contributed by atoms with van der Waals surface area (Å²) < 4.78 is 0. The Hall–Kier alpha value is -0.0800. The van der Waals surface area contributed by atoms with Gasteiger partial charge in [0.25, 0.3) is 0 Å². The number of hydrogen-bond donors (Lipinski definition) is 2. The van der Waals surface area contributed by atoms with E-state index in [1.54, 1.807) is 27.7 Å². The minimum Gasteiger partial charge on any atom is -0.397 e. The molecule has 0 aromatic rings. The Labute approximate surface area is 90.4 Å². The Kier molecular flexibility index (Phi) is 21.4. The number of aliphatic hydroxyl groups excluding tert-OH is 1. The predicted octanol–water partition coefficient (Wildman–Crippen LogP) is 3.36. The van der Waals surface area contributed by atoms with Gasteiger partial charge < -0.3 is 10.2 Å². The molecule has 0 unspecified atom stereocenters. The van der Waals surface area contributed by atoms with Crippen LogP contribution in [0.15, 0.2) is 0 Å². The van der Waals surface area contributed by atoms with Gasteiger partial charge in [-0.15, -0.1) is 0 Å². The molecule has 0 amide bonds. The Bertz CT molecular complexity index is 64.9. The lowest BCUT2D eigenvalue weighted by atomic mass is 10.2. The summed E-state index contributed by atoms with van der Waals surface area (Å²) in [5.41, 5.74) is -0.500. The smallest absolute Gasteiger partial charge is 0.0563 e. The van der Waals surface area contributed by atoms with E-state index >= 15 is 0 Å². The first kappa shape index (κ1) is 19.5. The molecule has 2 nitrogen and oxygen atoms in total. The summed E-state index contributed by atoms with van der Waals surface area (Å²) in [6, 6.07) is 0. The molecule has 0 heterocycles. The third-order valence-electron chi connectivity index (χ3n) is 0.957. The summed E-state index contributed by atoms with van der Waals surface area (Å²) in [5, 5.41) is 16.1. The van der Waals surface area contributed by atoms with Gasteiger partial charge in [-0.05, 0) is 27.7 Å². The fraction of sp³-hybridized carbons (Fsp3) is 1.00. The second-order valence-corrected chi connectivity index (χ2v) is 4.19. The molecule has 0 aromatic heterocycles. The van der Waals surface area contributed by atoms with Gasteiger partial charge in [0.2, 0.25) is 0 Å². The highest BCUT2D eigenvalue weighted by molar-refractivity contribution is 4.50. The van der Waals surface area contributed by atoms with Gasteiger partial charge in [-0.25, -0.2) is 0 Å². The first-order valence-electron chi connectivity index (χ1n) is 5.66. The number of aliphatic hydroxyl groups is 2. The molecule has 0 rings (SSSR count). The van der Waals surface area contributed by atoms with Crippen molar-refractivity contribution in [1.82, 2.24) is 0 Å². The summed E-state index contributed by atoms with van der Waals surface area (Å²) in [6.45, 7) is 11.6. The van der Waals surface area contributed by atoms with Gasteiger partial charge in [0.05, 0.1) is 5.60 Å². The highest BCUT2D eigenvalue weighted by atomic mass is 16.3. The first-order valence-corrected chi connectivity index (χ1v) is 5.66. The van der Waals surface area contributed by atoms with Crippen LogP contribution in [-0.2, 0) is 0 Å². The Morgan fingerprint density at radius 2 is 1.00 bits per heavy atom. The second kappa shape index (κ2) is 15.4. The highest BCUT2D eigenvalue weighted by Crippen LogP contribution is 1.95. The van der Waals surface area contributed by atoms with Crippen LogP contribution in [0.2, 0.25) is 0 Å². The predicted molar refractivity (Wildman–Crippen MR) is 64.5 cm³/mol. The standard InChI is InChI=1S/C6H14.C4H10O.C2H6O/c1-3-5-6-4-2;1-4(2,3)5;1-2-3/h3-6H2,1-2H3;5H,1-3H3;3H,2H2,1H3. The summed E-state index contributed by atoms with van der Waals surface area (Å²) in [4.78, 5) is 0.